The normalized spacial score (nSPS) is 10.1. The van der Waals surface area contributed by atoms with Crippen LogP contribution >= 0.6 is 0 Å². The number of halogens is 2. The van der Waals surface area contributed by atoms with Gasteiger partial charge in [0.15, 0.2) is 0 Å². The molecule has 0 unspecified atom stereocenters. The summed E-state index contributed by atoms with van der Waals surface area (Å²) in [6.07, 6.45) is 0. The summed E-state index contributed by atoms with van der Waals surface area (Å²) < 4.78 is 26.1. The molecular formula is C13H8F2N2O3. The monoisotopic (exact) mass is 278 g/mol. The van der Waals surface area contributed by atoms with Crippen LogP contribution in [0.1, 0.15) is 10.4 Å². The maximum atomic E-state index is 13.1. The van der Waals surface area contributed by atoms with E-state index in [1.807, 2.05) is 0 Å². The number of nitro benzene ring substituents is 1. The van der Waals surface area contributed by atoms with Crippen LogP contribution < -0.4 is 5.32 Å². The summed E-state index contributed by atoms with van der Waals surface area (Å²) in [4.78, 5) is 21.9. The van der Waals surface area contributed by atoms with Gasteiger partial charge in [-0.3, -0.25) is 14.9 Å². The maximum Gasteiger partial charge on any atom is 0.282 e. The summed E-state index contributed by atoms with van der Waals surface area (Å²) in [5.41, 5.74) is -0.840. The van der Waals surface area contributed by atoms with Gasteiger partial charge in [0.1, 0.15) is 17.2 Å². The number of rotatable bonds is 3. The van der Waals surface area contributed by atoms with Crippen LogP contribution in [0.3, 0.4) is 0 Å². The predicted octanol–water partition coefficient (Wildman–Crippen LogP) is 3.13. The molecule has 0 aliphatic rings. The van der Waals surface area contributed by atoms with Gasteiger partial charge in [0, 0.05) is 11.8 Å². The van der Waals surface area contributed by atoms with Crippen LogP contribution in [0.25, 0.3) is 0 Å². The first-order valence-corrected chi connectivity index (χ1v) is 5.48. The summed E-state index contributed by atoms with van der Waals surface area (Å²) in [5, 5.41) is 13.1. The zero-order valence-corrected chi connectivity index (χ0v) is 9.97. The van der Waals surface area contributed by atoms with Crippen molar-refractivity contribution in [2.75, 3.05) is 5.32 Å². The Kier molecular flexibility index (Phi) is 3.69. The number of nitrogens with one attached hydrogen (secondary N) is 1. The second-order valence-corrected chi connectivity index (χ2v) is 3.88. The van der Waals surface area contributed by atoms with Crippen LogP contribution in [-0.4, -0.2) is 10.8 Å². The van der Waals surface area contributed by atoms with E-state index in [-0.39, 0.29) is 5.69 Å². The smallest absolute Gasteiger partial charge is 0.282 e. The first-order chi connectivity index (χ1) is 9.47. The lowest BCUT2D eigenvalue weighted by molar-refractivity contribution is -0.385. The van der Waals surface area contributed by atoms with Crippen LogP contribution in [0.2, 0.25) is 0 Å². The molecule has 1 N–H and O–H groups in total. The van der Waals surface area contributed by atoms with E-state index in [1.54, 1.807) is 0 Å². The number of benzene rings is 2. The molecule has 0 radical (unpaired) electrons. The van der Waals surface area contributed by atoms with Crippen molar-refractivity contribution in [2.24, 2.45) is 0 Å². The molecule has 102 valence electrons. The molecule has 0 heterocycles. The first-order valence-electron chi connectivity index (χ1n) is 5.48. The van der Waals surface area contributed by atoms with Gasteiger partial charge in [-0.1, -0.05) is 6.07 Å². The Bertz CT molecular complexity index is 689. The van der Waals surface area contributed by atoms with E-state index < -0.39 is 33.7 Å². The van der Waals surface area contributed by atoms with Gasteiger partial charge in [-0.2, -0.15) is 0 Å². The van der Waals surface area contributed by atoms with E-state index in [9.17, 15) is 23.7 Å². The molecule has 0 saturated carbocycles. The second-order valence-electron chi connectivity index (χ2n) is 3.88. The third-order valence-electron chi connectivity index (χ3n) is 2.48. The van der Waals surface area contributed by atoms with Gasteiger partial charge in [0.25, 0.3) is 11.6 Å². The molecule has 1 amide bonds. The van der Waals surface area contributed by atoms with Crippen molar-refractivity contribution < 1.29 is 18.5 Å². The summed E-state index contributed by atoms with van der Waals surface area (Å²) >= 11 is 0. The Balaban J connectivity index is 2.34. The number of hydrogen-bond acceptors (Lipinski definition) is 3. The molecule has 0 aliphatic carbocycles. The number of anilines is 1. The fourth-order valence-corrected chi connectivity index (χ4v) is 1.61. The Morgan fingerprint density at radius 1 is 1.10 bits per heavy atom. The third kappa shape index (κ3) is 2.94. The average Bonchev–Trinajstić information content (AvgIpc) is 2.38. The third-order valence-corrected chi connectivity index (χ3v) is 2.48. The number of nitro groups is 1. The SMILES string of the molecule is O=C(Nc1cccc(F)c1)c1cc(F)ccc1[N+](=O)[O-]. The summed E-state index contributed by atoms with van der Waals surface area (Å²) in [6, 6.07) is 7.54. The number of carbonyl (C=O) groups is 1. The van der Waals surface area contributed by atoms with Crippen molar-refractivity contribution in [2.45, 2.75) is 0 Å². The Hall–Kier alpha value is -2.83. The van der Waals surface area contributed by atoms with Crippen LogP contribution in [0.15, 0.2) is 42.5 Å². The molecule has 7 heteroatoms. The van der Waals surface area contributed by atoms with Gasteiger partial charge in [0.05, 0.1) is 4.92 Å². The zero-order chi connectivity index (χ0) is 14.7. The standard InChI is InChI=1S/C13H8F2N2O3/c14-8-2-1-3-10(6-8)16-13(18)11-7-9(15)4-5-12(11)17(19)20/h1-7H,(H,16,18). The van der Waals surface area contributed by atoms with Gasteiger partial charge >= 0.3 is 0 Å². The van der Waals surface area contributed by atoms with Crippen molar-refractivity contribution in [3.05, 3.63) is 69.8 Å². The van der Waals surface area contributed by atoms with Crippen molar-refractivity contribution in [3.8, 4) is 0 Å². The lowest BCUT2D eigenvalue weighted by atomic mass is 10.1. The number of hydrogen-bond donors (Lipinski definition) is 1. The van der Waals surface area contributed by atoms with Gasteiger partial charge in [0.2, 0.25) is 0 Å². The molecule has 2 rings (SSSR count). The van der Waals surface area contributed by atoms with Gasteiger partial charge < -0.3 is 5.32 Å². The quantitative estimate of drug-likeness (QED) is 0.692. The van der Waals surface area contributed by atoms with Crippen molar-refractivity contribution in [1.82, 2.24) is 0 Å². The van der Waals surface area contributed by atoms with Crippen LogP contribution in [0.5, 0.6) is 0 Å². The molecule has 0 aliphatic heterocycles. The van der Waals surface area contributed by atoms with Crippen molar-refractivity contribution >= 4 is 17.3 Å². The zero-order valence-electron chi connectivity index (χ0n) is 9.97. The van der Waals surface area contributed by atoms with Gasteiger partial charge in [-0.15, -0.1) is 0 Å². The van der Waals surface area contributed by atoms with Crippen LogP contribution in [0.4, 0.5) is 20.2 Å². The van der Waals surface area contributed by atoms with Gasteiger partial charge in [-0.25, -0.2) is 8.78 Å². The van der Waals surface area contributed by atoms with E-state index in [0.29, 0.717) is 0 Å². The summed E-state index contributed by atoms with van der Waals surface area (Å²) in [5.74, 6) is -2.24. The first kappa shape index (κ1) is 13.6. The summed E-state index contributed by atoms with van der Waals surface area (Å²) in [7, 11) is 0. The van der Waals surface area contributed by atoms with E-state index in [0.717, 1.165) is 24.3 Å². The molecular weight excluding hydrogens is 270 g/mol. The highest BCUT2D eigenvalue weighted by atomic mass is 19.1. The van der Waals surface area contributed by atoms with Crippen molar-refractivity contribution in [1.29, 1.82) is 0 Å². The highest BCUT2D eigenvalue weighted by Crippen LogP contribution is 2.21. The van der Waals surface area contributed by atoms with Gasteiger partial charge in [-0.05, 0) is 30.3 Å². The van der Waals surface area contributed by atoms with E-state index >= 15 is 0 Å². The Morgan fingerprint density at radius 3 is 2.45 bits per heavy atom. The largest absolute Gasteiger partial charge is 0.322 e. The minimum absolute atomic E-state index is 0.119. The molecule has 2 aromatic carbocycles. The molecule has 0 fully saturated rings. The molecule has 0 spiro atoms. The van der Waals surface area contributed by atoms with Crippen molar-refractivity contribution in [3.63, 3.8) is 0 Å². The lowest BCUT2D eigenvalue weighted by Crippen LogP contribution is -2.14. The molecule has 0 aromatic heterocycles. The molecule has 5 nitrogen and oxygen atoms in total. The predicted molar refractivity (Wildman–Crippen MR) is 67.4 cm³/mol. The van der Waals surface area contributed by atoms with E-state index in [4.69, 9.17) is 0 Å². The fourth-order valence-electron chi connectivity index (χ4n) is 1.61. The average molecular weight is 278 g/mol. The Labute approximate surface area is 112 Å². The fraction of sp³-hybridized carbons (Fsp3) is 0. The van der Waals surface area contributed by atoms with Crippen LogP contribution in [-0.2, 0) is 0 Å². The lowest BCUT2D eigenvalue weighted by Gasteiger charge is -2.06. The number of carbonyl (C=O) groups excluding carboxylic acids is 1. The second kappa shape index (κ2) is 5.43. The minimum Gasteiger partial charge on any atom is -0.322 e. The number of amides is 1. The number of nitrogens with zero attached hydrogens (tertiary/aromatic N) is 1. The summed E-state index contributed by atoms with van der Waals surface area (Å²) in [6.45, 7) is 0. The minimum atomic E-state index is -0.887. The maximum absolute atomic E-state index is 13.1. The highest BCUT2D eigenvalue weighted by Gasteiger charge is 2.21. The molecule has 0 saturated heterocycles. The van der Waals surface area contributed by atoms with E-state index in [1.165, 1.54) is 18.2 Å². The topological polar surface area (TPSA) is 72.2 Å². The molecule has 0 bridgehead atoms. The Morgan fingerprint density at radius 2 is 1.80 bits per heavy atom. The molecule has 20 heavy (non-hydrogen) atoms. The molecule has 2 aromatic rings. The van der Waals surface area contributed by atoms with E-state index in [2.05, 4.69) is 5.32 Å². The van der Waals surface area contributed by atoms with Crippen LogP contribution in [0, 0.1) is 21.7 Å². The highest BCUT2D eigenvalue weighted by molar-refractivity contribution is 6.07. The molecule has 0 atom stereocenters.